The molecule has 0 aliphatic heterocycles. The molecule has 0 atom stereocenters. The number of aromatic nitrogens is 2. The maximum Gasteiger partial charge on any atom is 0.105 e. The Balaban J connectivity index is 1.73. The molecule has 1 N–H and O–H groups in total. The fraction of sp³-hybridized carbons (Fsp3) is 0.706. The lowest BCUT2D eigenvalue weighted by molar-refractivity contribution is 0.551. The quantitative estimate of drug-likeness (QED) is 0.373. The van der Waals surface area contributed by atoms with Gasteiger partial charge in [0.25, 0.3) is 0 Å². The highest BCUT2D eigenvalue weighted by Crippen LogP contribution is 2.12. The normalized spacial score (nSPS) is 10.7. The Bertz CT molecular complexity index is 290. The van der Waals surface area contributed by atoms with Gasteiger partial charge in [0, 0.05) is 18.8 Å². The van der Waals surface area contributed by atoms with Crippen LogP contribution in [0.15, 0.2) is 25.0 Å². The van der Waals surface area contributed by atoms with Gasteiger partial charge in [-0.15, -0.1) is 6.58 Å². The van der Waals surface area contributed by atoms with Crippen LogP contribution in [0.3, 0.4) is 0 Å². The van der Waals surface area contributed by atoms with Crippen LogP contribution < -0.4 is 0 Å². The van der Waals surface area contributed by atoms with E-state index in [0.717, 1.165) is 12.2 Å². The summed E-state index contributed by atoms with van der Waals surface area (Å²) in [6.45, 7) is 3.75. The Morgan fingerprint density at radius 2 is 1.47 bits per heavy atom. The van der Waals surface area contributed by atoms with E-state index in [1.807, 2.05) is 18.5 Å². The van der Waals surface area contributed by atoms with Crippen LogP contribution in [0.25, 0.3) is 0 Å². The monoisotopic (exact) mass is 262 g/mol. The molecular formula is C17H30N2. The van der Waals surface area contributed by atoms with E-state index in [9.17, 15) is 0 Å². The summed E-state index contributed by atoms with van der Waals surface area (Å²) < 4.78 is 0. The summed E-state index contributed by atoms with van der Waals surface area (Å²) in [5.41, 5.74) is 0. The smallest absolute Gasteiger partial charge is 0.105 e. The van der Waals surface area contributed by atoms with Crippen LogP contribution in [0.4, 0.5) is 0 Å². The van der Waals surface area contributed by atoms with Crippen molar-refractivity contribution in [3.05, 3.63) is 30.9 Å². The van der Waals surface area contributed by atoms with Crippen molar-refractivity contribution in [2.45, 2.75) is 77.0 Å². The van der Waals surface area contributed by atoms with Gasteiger partial charge in [-0.3, -0.25) is 0 Å². The zero-order chi connectivity index (χ0) is 13.6. The molecule has 2 heteroatoms. The molecular weight excluding hydrogens is 232 g/mol. The molecule has 0 amide bonds. The summed E-state index contributed by atoms with van der Waals surface area (Å²) >= 11 is 0. The predicted octanol–water partition coefficient (Wildman–Crippen LogP) is 5.43. The number of nitrogens with zero attached hydrogens (tertiary/aromatic N) is 1. The summed E-state index contributed by atoms with van der Waals surface area (Å²) in [5.74, 6) is 1.14. The molecule has 0 saturated heterocycles. The average Bonchev–Trinajstić information content (AvgIpc) is 2.93. The van der Waals surface area contributed by atoms with Crippen molar-refractivity contribution in [2.75, 3.05) is 0 Å². The Hall–Kier alpha value is -1.05. The van der Waals surface area contributed by atoms with Gasteiger partial charge >= 0.3 is 0 Å². The zero-order valence-electron chi connectivity index (χ0n) is 12.4. The number of rotatable bonds is 13. The van der Waals surface area contributed by atoms with Crippen LogP contribution in [0.2, 0.25) is 0 Å². The lowest BCUT2D eigenvalue weighted by atomic mass is 10.1. The third-order valence-corrected chi connectivity index (χ3v) is 3.63. The Morgan fingerprint density at radius 1 is 0.895 bits per heavy atom. The molecule has 0 fully saturated rings. The molecule has 0 aliphatic carbocycles. The molecule has 0 saturated carbocycles. The van der Waals surface area contributed by atoms with Gasteiger partial charge < -0.3 is 4.98 Å². The number of hydrogen-bond donors (Lipinski definition) is 1. The molecule has 1 heterocycles. The van der Waals surface area contributed by atoms with Crippen molar-refractivity contribution in [1.82, 2.24) is 9.97 Å². The van der Waals surface area contributed by atoms with Crippen LogP contribution >= 0.6 is 0 Å². The van der Waals surface area contributed by atoms with Crippen LogP contribution in [0.5, 0.6) is 0 Å². The standard InChI is InChI=1S/C17H30N2/c1-2-3-4-5-6-7-8-9-10-11-12-13-14-17-18-15-16-19-17/h2,15-16H,1,3-14H2,(H,18,19). The van der Waals surface area contributed by atoms with E-state index in [2.05, 4.69) is 16.5 Å². The van der Waals surface area contributed by atoms with Crippen LogP contribution in [0.1, 0.15) is 76.5 Å². The van der Waals surface area contributed by atoms with Crippen molar-refractivity contribution in [2.24, 2.45) is 0 Å². The largest absolute Gasteiger partial charge is 0.349 e. The van der Waals surface area contributed by atoms with Crippen molar-refractivity contribution >= 4 is 0 Å². The summed E-state index contributed by atoms with van der Waals surface area (Å²) in [4.78, 5) is 7.40. The van der Waals surface area contributed by atoms with E-state index in [1.165, 1.54) is 70.6 Å². The first kappa shape index (κ1) is 16.0. The molecule has 1 aromatic rings. The minimum Gasteiger partial charge on any atom is -0.349 e. The first-order valence-corrected chi connectivity index (χ1v) is 8.02. The fourth-order valence-electron chi connectivity index (χ4n) is 2.43. The second-order valence-corrected chi connectivity index (χ2v) is 5.40. The first-order valence-electron chi connectivity index (χ1n) is 8.02. The second-order valence-electron chi connectivity index (χ2n) is 5.40. The zero-order valence-corrected chi connectivity index (χ0v) is 12.4. The summed E-state index contributed by atoms with van der Waals surface area (Å²) in [7, 11) is 0. The van der Waals surface area contributed by atoms with Gasteiger partial charge in [-0.05, 0) is 19.3 Å². The number of allylic oxidation sites excluding steroid dienone is 1. The number of hydrogen-bond acceptors (Lipinski definition) is 1. The Morgan fingerprint density at radius 3 is 2.00 bits per heavy atom. The highest BCUT2D eigenvalue weighted by molar-refractivity contribution is 4.86. The molecule has 1 rings (SSSR count). The molecule has 0 radical (unpaired) electrons. The van der Waals surface area contributed by atoms with Crippen molar-refractivity contribution in [1.29, 1.82) is 0 Å². The highest BCUT2D eigenvalue weighted by Gasteiger charge is 1.95. The molecule has 1 aromatic heterocycles. The first-order chi connectivity index (χ1) is 9.43. The van der Waals surface area contributed by atoms with Gasteiger partial charge in [-0.25, -0.2) is 4.98 Å². The summed E-state index contributed by atoms with van der Waals surface area (Å²) in [5, 5.41) is 0. The molecule has 0 spiro atoms. The van der Waals surface area contributed by atoms with E-state index in [0.29, 0.717) is 0 Å². The van der Waals surface area contributed by atoms with E-state index >= 15 is 0 Å². The molecule has 2 nitrogen and oxygen atoms in total. The molecule has 0 aliphatic rings. The van der Waals surface area contributed by atoms with Crippen LogP contribution in [-0.2, 0) is 6.42 Å². The second kappa shape index (κ2) is 12.0. The lowest BCUT2D eigenvalue weighted by Crippen LogP contribution is -1.88. The highest BCUT2D eigenvalue weighted by atomic mass is 14.9. The van der Waals surface area contributed by atoms with Gasteiger partial charge in [0.05, 0.1) is 0 Å². The number of H-pyrrole nitrogens is 1. The molecule has 108 valence electrons. The third kappa shape index (κ3) is 9.52. The van der Waals surface area contributed by atoms with Gasteiger partial charge in [0.15, 0.2) is 0 Å². The van der Waals surface area contributed by atoms with Gasteiger partial charge in [0.1, 0.15) is 5.82 Å². The third-order valence-electron chi connectivity index (χ3n) is 3.63. The average molecular weight is 262 g/mol. The lowest BCUT2D eigenvalue weighted by Gasteiger charge is -2.02. The van der Waals surface area contributed by atoms with Crippen LogP contribution in [0, 0.1) is 0 Å². The van der Waals surface area contributed by atoms with E-state index in [1.54, 1.807) is 0 Å². The SMILES string of the molecule is C=CCCCCCCCCCCCCc1ncc[nH]1. The minimum atomic E-state index is 1.11. The maximum absolute atomic E-state index is 4.24. The van der Waals surface area contributed by atoms with Gasteiger partial charge in [-0.1, -0.05) is 57.4 Å². The van der Waals surface area contributed by atoms with Gasteiger partial charge in [-0.2, -0.15) is 0 Å². The number of unbranched alkanes of at least 4 members (excludes halogenated alkanes) is 10. The minimum absolute atomic E-state index is 1.11. The van der Waals surface area contributed by atoms with Gasteiger partial charge in [0.2, 0.25) is 0 Å². The van der Waals surface area contributed by atoms with Crippen molar-refractivity contribution < 1.29 is 0 Å². The summed E-state index contributed by atoms with van der Waals surface area (Å²) in [6.07, 6.45) is 21.9. The van der Waals surface area contributed by atoms with Crippen molar-refractivity contribution in [3.8, 4) is 0 Å². The topological polar surface area (TPSA) is 28.7 Å². The Kier molecular flexibility index (Phi) is 10.1. The molecule has 19 heavy (non-hydrogen) atoms. The van der Waals surface area contributed by atoms with E-state index < -0.39 is 0 Å². The number of imidazole rings is 1. The molecule has 0 bridgehead atoms. The number of aromatic amines is 1. The van der Waals surface area contributed by atoms with Crippen molar-refractivity contribution in [3.63, 3.8) is 0 Å². The maximum atomic E-state index is 4.24. The van der Waals surface area contributed by atoms with E-state index in [-0.39, 0.29) is 0 Å². The number of aryl methyl sites for hydroxylation is 1. The van der Waals surface area contributed by atoms with E-state index in [4.69, 9.17) is 0 Å². The van der Waals surface area contributed by atoms with Crippen LogP contribution in [-0.4, -0.2) is 9.97 Å². The summed E-state index contributed by atoms with van der Waals surface area (Å²) in [6, 6.07) is 0. The molecule has 0 unspecified atom stereocenters. The predicted molar refractivity (Wildman–Crippen MR) is 83.3 cm³/mol. The molecule has 0 aromatic carbocycles. The fourth-order valence-corrected chi connectivity index (χ4v) is 2.43. The number of nitrogens with one attached hydrogen (secondary N) is 1. The Labute approximate surface area is 118 Å².